The van der Waals surface area contributed by atoms with Crippen molar-refractivity contribution in [2.75, 3.05) is 0 Å². The first-order chi connectivity index (χ1) is 12.6. The summed E-state index contributed by atoms with van der Waals surface area (Å²) >= 11 is 1.46. The largest absolute Gasteiger partial charge is 0.480 e. The number of carbonyl (C=O) groups is 2. The lowest BCUT2D eigenvalue weighted by Gasteiger charge is -2.26. The van der Waals surface area contributed by atoms with E-state index in [1.54, 1.807) is 42.2 Å². The minimum atomic E-state index is -1.07. The standard InChI is InChI=1S/C18H16N4O3S/c1-12(18(24)25)22(9-13-3-2-6-19-7-13)17(23)14-4-5-15(20-8-14)16-10-26-11-21-16/h2-8,10-12H,9H2,1H3,(H,24,25). The van der Waals surface area contributed by atoms with E-state index >= 15 is 0 Å². The van der Waals surface area contributed by atoms with Crippen LogP contribution in [-0.4, -0.2) is 42.9 Å². The van der Waals surface area contributed by atoms with E-state index < -0.39 is 17.9 Å². The molecule has 26 heavy (non-hydrogen) atoms. The van der Waals surface area contributed by atoms with Crippen LogP contribution in [0.1, 0.15) is 22.8 Å². The van der Waals surface area contributed by atoms with Gasteiger partial charge in [0.05, 0.1) is 22.5 Å². The molecule has 8 heteroatoms. The summed E-state index contributed by atoms with van der Waals surface area (Å²) in [6.07, 6.45) is 4.68. The van der Waals surface area contributed by atoms with E-state index in [1.807, 2.05) is 5.38 Å². The van der Waals surface area contributed by atoms with Gasteiger partial charge in [-0.25, -0.2) is 9.78 Å². The molecule has 3 rings (SSSR count). The normalized spacial score (nSPS) is 11.7. The summed E-state index contributed by atoms with van der Waals surface area (Å²) in [7, 11) is 0. The van der Waals surface area contributed by atoms with Crippen molar-refractivity contribution in [1.29, 1.82) is 0 Å². The number of aromatic nitrogens is 3. The highest BCUT2D eigenvalue weighted by molar-refractivity contribution is 7.07. The number of carbonyl (C=O) groups excluding carboxylic acids is 1. The number of hydrogen-bond donors (Lipinski definition) is 1. The monoisotopic (exact) mass is 368 g/mol. The Labute approximate surface area is 154 Å². The van der Waals surface area contributed by atoms with E-state index in [4.69, 9.17) is 0 Å². The van der Waals surface area contributed by atoms with Crippen LogP contribution in [0.25, 0.3) is 11.4 Å². The third-order valence-corrected chi connectivity index (χ3v) is 4.45. The summed E-state index contributed by atoms with van der Waals surface area (Å²) in [6, 6.07) is 5.89. The van der Waals surface area contributed by atoms with E-state index in [-0.39, 0.29) is 6.54 Å². The van der Waals surface area contributed by atoms with E-state index in [9.17, 15) is 14.7 Å². The summed E-state index contributed by atoms with van der Waals surface area (Å²) in [4.78, 5) is 38.1. The van der Waals surface area contributed by atoms with Gasteiger partial charge in [-0.2, -0.15) is 0 Å². The van der Waals surface area contributed by atoms with Crippen LogP contribution in [-0.2, 0) is 11.3 Å². The fourth-order valence-corrected chi connectivity index (χ4v) is 2.93. The minimum Gasteiger partial charge on any atom is -0.480 e. The quantitative estimate of drug-likeness (QED) is 0.719. The number of hydrogen-bond acceptors (Lipinski definition) is 6. The van der Waals surface area contributed by atoms with Gasteiger partial charge in [0.25, 0.3) is 5.91 Å². The number of nitrogens with zero attached hydrogens (tertiary/aromatic N) is 4. The topological polar surface area (TPSA) is 96.3 Å². The third-order valence-electron chi connectivity index (χ3n) is 3.87. The average molecular weight is 368 g/mol. The predicted molar refractivity (Wildman–Crippen MR) is 96.6 cm³/mol. The molecule has 0 aliphatic heterocycles. The van der Waals surface area contributed by atoms with E-state index in [2.05, 4.69) is 15.0 Å². The molecule has 3 heterocycles. The third kappa shape index (κ3) is 3.92. The molecule has 3 aromatic heterocycles. The summed E-state index contributed by atoms with van der Waals surface area (Å²) in [5.41, 5.74) is 4.18. The van der Waals surface area contributed by atoms with Gasteiger partial charge in [-0.1, -0.05) is 6.07 Å². The fraction of sp³-hybridized carbons (Fsp3) is 0.167. The minimum absolute atomic E-state index is 0.147. The highest BCUT2D eigenvalue weighted by atomic mass is 32.1. The fourth-order valence-electron chi connectivity index (χ4n) is 2.38. The van der Waals surface area contributed by atoms with Crippen LogP contribution in [0, 0.1) is 0 Å². The second-order valence-electron chi connectivity index (χ2n) is 5.61. The maximum Gasteiger partial charge on any atom is 0.326 e. The predicted octanol–water partition coefficient (Wildman–Crippen LogP) is 2.72. The van der Waals surface area contributed by atoms with Crippen molar-refractivity contribution in [3.05, 3.63) is 64.9 Å². The Hall–Kier alpha value is -3.13. The molecule has 0 aromatic carbocycles. The maximum absolute atomic E-state index is 12.9. The van der Waals surface area contributed by atoms with Gasteiger partial charge >= 0.3 is 5.97 Å². The van der Waals surface area contributed by atoms with Crippen molar-refractivity contribution in [1.82, 2.24) is 19.9 Å². The van der Waals surface area contributed by atoms with Gasteiger partial charge in [0.1, 0.15) is 6.04 Å². The molecule has 0 saturated carbocycles. The molecule has 0 saturated heterocycles. The molecule has 0 aliphatic rings. The lowest BCUT2D eigenvalue weighted by atomic mass is 10.1. The van der Waals surface area contributed by atoms with E-state index in [0.29, 0.717) is 11.3 Å². The number of pyridine rings is 2. The van der Waals surface area contributed by atoms with Gasteiger partial charge in [0.2, 0.25) is 0 Å². The Morgan fingerprint density at radius 2 is 2.04 bits per heavy atom. The molecule has 132 valence electrons. The van der Waals surface area contributed by atoms with Crippen LogP contribution in [0.5, 0.6) is 0 Å². The van der Waals surface area contributed by atoms with Crippen molar-refractivity contribution in [2.45, 2.75) is 19.5 Å². The number of aliphatic carboxylic acids is 1. The van der Waals surface area contributed by atoms with Crippen molar-refractivity contribution in [3.8, 4) is 11.4 Å². The number of amides is 1. The second-order valence-corrected chi connectivity index (χ2v) is 6.33. The van der Waals surface area contributed by atoms with Crippen LogP contribution < -0.4 is 0 Å². The first kappa shape index (κ1) is 17.7. The van der Waals surface area contributed by atoms with Crippen molar-refractivity contribution >= 4 is 23.2 Å². The summed E-state index contributed by atoms with van der Waals surface area (Å²) in [5.74, 6) is -1.48. The average Bonchev–Trinajstić information content (AvgIpc) is 3.21. The number of thiazole rings is 1. The van der Waals surface area contributed by atoms with Crippen molar-refractivity contribution in [2.24, 2.45) is 0 Å². The molecule has 0 aliphatic carbocycles. The van der Waals surface area contributed by atoms with Gasteiger partial charge in [0.15, 0.2) is 0 Å². The molecular weight excluding hydrogens is 352 g/mol. The van der Waals surface area contributed by atoms with Gasteiger partial charge < -0.3 is 10.0 Å². The molecule has 1 N–H and O–H groups in total. The lowest BCUT2D eigenvalue weighted by Crippen LogP contribution is -2.42. The first-order valence-electron chi connectivity index (χ1n) is 7.83. The highest BCUT2D eigenvalue weighted by Crippen LogP contribution is 2.18. The Bertz CT molecular complexity index is 883. The summed E-state index contributed by atoms with van der Waals surface area (Å²) in [5, 5.41) is 11.2. The zero-order valence-electron chi connectivity index (χ0n) is 13.9. The Morgan fingerprint density at radius 1 is 1.19 bits per heavy atom. The number of carboxylic acid groups (broad SMARTS) is 1. The maximum atomic E-state index is 12.9. The Kier molecular flexibility index (Phi) is 5.33. The van der Waals surface area contributed by atoms with Crippen LogP contribution in [0.4, 0.5) is 0 Å². The number of rotatable bonds is 6. The molecule has 0 spiro atoms. The Morgan fingerprint density at radius 3 is 2.62 bits per heavy atom. The van der Waals surface area contributed by atoms with Crippen LogP contribution in [0.2, 0.25) is 0 Å². The second kappa shape index (κ2) is 7.83. The van der Waals surface area contributed by atoms with E-state index in [1.165, 1.54) is 29.4 Å². The van der Waals surface area contributed by atoms with Gasteiger partial charge in [-0.15, -0.1) is 11.3 Å². The van der Waals surface area contributed by atoms with Gasteiger partial charge in [-0.3, -0.25) is 14.8 Å². The van der Waals surface area contributed by atoms with E-state index in [0.717, 1.165) is 11.3 Å². The molecule has 7 nitrogen and oxygen atoms in total. The van der Waals surface area contributed by atoms with Gasteiger partial charge in [-0.05, 0) is 30.7 Å². The van der Waals surface area contributed by atoms with Crippen molar-refractivity contribution < 1.29 is 14.7 Å². The molecule has 0 radical (unpaired) electrons. The molecule has 1 unspecified atom stereocenters. The molecule has 1 atom stereocenters. The SMILES string of the molecule is CC(C(=O)O)N(Cc1cccnc1)C(=O)c1ccc(-c2cscn2)nc1. The molecule has 1 amide bonds. The van der Waals surface area contributed by atoms with Gasteiger partial charge in [0, 0.05) is 30.5 Å². The molecule has 3 aromatic rings. The zero-order chi connectivity index (χ0) is 18.5. The highest BCUT2D eigenvalue weighted by Gasteiger charge is 2.27. The summed E-state index contributed by atoms with van der Waals surface area (Å²) in [6.45, 7) is 1.63. The van der Waals surface area contributed by atoms with Crippen LogP contribution >= 0.6 is 11.3 Å². The number of carboxylic acids is 1. The van der Waals surface area contributed by atoms with Crippen LogP contribution in [0.3, 0.4) is 0 Å². The molecule has 0 fully saturated rings. The zero-order valence-corrected chi connectivity index (χ0v) is 14.8. The smallest absolute Gasteiger partial charge is 0.326 e. The summed E-state index contributed by atoms with van der Waals surface area (Å²) < 4.78 is 0. The molecule has 0 bridgehead atoms. The van der Waals surface area contributed by atoms with Crippen LogP contribution in [0.15, 0.2) is 53.7 Å². The van der Waals surface area contributed by atoms with Crippen molar-refractivity contribution in [3.63, 3.8) is 0 Å². The Balaban J connectivity index is 1.85. The lowest BCUT2D eigenvalue weighted by molar-refractivity contribution is -0.141. The first-order valence-corrected chi connectivity index (χ1v) is 8.78. The molecular formula is C18H16N4O3S.